The number of pyridine rings is 2. The third-order valence-electron chi connectivity index (χ3n) is 20.9. The lowest BCUT2D eigenvalue weighted by Gasteiger charge is -2.11. The fourth-order valence-electron chi connectivity index (χ4n) is 15.6. The van der Waals surface area contributed by atoms with E-state index in [2.05, 4.69) is 215 Å². The molecule has 0 aliphatic carbocycles. The molecule has 0 saturated carbocycles. The van der Waals surface area contributed by atoms with Gasteiger partial charge in [0.25, 0.3) is 0 Å². The summed E-state index contributed by atoms with van der Waals surface area (Å²) >= 11 is 0. The van der Waals surface area contributed by atoms with E-state index in [-0.39, 0.29) is 0 Å². The number of hydrogen-bond acceptors (Lipinski definition) is 10. The number of benzene rings is 14. The fraction of sp³-hybridized carbons (Fsp3) is 0. The average molecular weight is 1440 g/mol. The van der Waals surface area contributed by atoms with Gasteiger partial charge in [-0.25, -0.2) is 39.9 Å². The molecule has 0 N–H and O–H groups in total. The molecule has 14 aromatic carbocycles. The van der Waals surface area contributed by atoms with Gasteiger partial charge < -0.3 is 8.83 Å². The number of rotatable bonds is 12. The highest BCUT2D eigenvalue weighted by Gasteiger charge is 2.27. The molecule has 0 atom stereocenters. The zero-order valence-corrected chi connectivity index (χ0v) is 60.1. The quantitative estimate of drug-likeness (QED) is 0.116. The first kappa shape index (κ1) is 64.9. The number of para-hydroxylation sites is 4. The van der Waals surface area contributed by atoms with E-state index in [0.29, 0.717) is 34.9 Å². The Balaban J connectivity index is 0.000000141. The van der Waals surface area contributed by atoms with E-state index in [9.17, 15) is 0 Å². The van der Waals surface area contributed by atoms with E-state index in [1.807, 2.05) is 170 Å². The van der Waals surface area contributed by atoms with Gasteiger partial charge in [0.15, 0.2) is 46.1 Å². The minimum absolute atomic E-state index is 0.624. The second kappa shape index (κ2) is 27.4. The fourth-order valence-corrected chi connectivity index (χ4v) is 15.6. The van der Waals surface area contributed by atoms with Crippen molar-refractivity contribution in [3.8, 4) is 124 Å². The van der Waals surface area contributed by atoms with E-state index in [1.54, 1.807) is 0 Å². The molecule has 12 nitrogen and oxygen atoms in total. The molecule has 0 bridgehead atoms. The third-order valence-corrected chi connectivity index (χ3v) is 20.9. The SMILES string of the molecule is c1ccc(-c2nc(-c3ccccc3)nc(-c3ccc(-c4cccc(-n5c6ccccc6c6c7c(oc65)c(-c5ccccc5)nc5ccccc57)c4)cc3)n2)cc1.c1ccc(-c2nc(-c3ccccc3)nc(-c3cccc(-c4ccc(-n5c6ccccc6c6c7c(oc65)c(-c5ccccc5)nc5ccccc57)cc4)c3)n2)cc1. The van der Waals surface area contributed by atoms with Crippen LogP contribution in [0.15, 0.2) is 385 Å². The summed E-state index contributed by atoms with van der Waals surface area (Å²) in [5, 5.41) is 8.75. The monoisotopic (exact) mass is 1430 g/mol. The summed E-state index contributed by atoms with van der Waals surface area (Å²) < 4.78 is 18.4. The highest BCUT2D eigenvalue weighted by molar-refractivity contribution is 6.30. The average Bonchev–Trinajstić information content (AvgIpc) is 1.55. The smallest absolute Gasteiger partial charge is 0.213 e. The molecular weight excluding hydrogens is 1370 g/mol. The molecule has 22 aromatic rings. The molecule has 0 aliphatic heterocycles. The van der Waals surface area contributed by atoms with Crippen LogP contribution in [0, 0.1) is 0 Å². The Kier molecular flexibility index (Phi) is 15.9. The van der Waals surface area contributed by atoms with E-state index in [4.69, 9.17) is 48.7 Å². The van der Waals surface area contributed by atoms with Crippen molar-refractivity contribution in [2.24, 2.45) is 0 Å². The highest BCUT2D eigenvalue weighted by Crippen LogP contribution is 2.48. The predicted octanol–water partition coefficient (Wildman–Crippen LogP) is 25.2. The summed E-state index contributed by atoms with van der Waals surface area (Å²) in [7, 11) is 0. The van der Waals surface area contributed by atoms with Crippen LogP contribution >= 0.6 is 0 Å². The summed E-state index contributed by atoms with van der Waals surface area (Å²) in [5.41, 5.74) is 22.8. The summed E-state index contributed by atoms with van der Waals surface area (Å²) in [6, 6.07) is 129. The molecule has 12 heteroatoms. The molecule has 0 fully saturated rings. The lowest BCUT2D eigenvalue weighted by Crippen LogP contribution is -2.00. The Morgan fingerprint density at radius 2 is 0.482 bits per heavy atom. The van der Waals surface area contributed by atoms with Crippen LogP contribution in [0.5, 0.6) is 0 Å². The highest BCUT2D eigenvalue weighted by atomic mass is 16.3. The zero-order valence-electron chi connectivity index (χ0n) is 60.1. The van der Waals surface area contributed by atoms with Gasteiger partial charge in [-0.05, 0) is 76.9 Å². The maximum atomic E-state index is 6.99. The van der Waals surface area contributed by atoms with Crippen molar-refractivity contribution in [2.45, 2.75) is 0 Å². The van der Waals surface area contributed by atoms with Crippen LogP contribution in [-0.4, -0.2) is 49.0 Å². The predicted molar refractivity (Wildman–Crippen MR) is 453 cm³/mol. The Bertz CT molecular complexity index is 7220. The van der Waals surface area contributed by atoms with Gasteiger partial charge in [0, 0.05) is 88.2 Å². The van der Waals surface area contributed by atoms with Crippen molar-refractivity contribution < 1.29 is 8.83 Å². The molecule has 0 radical (unpaired) electrons. The molecule has 112 heavy (non-hydrogen) atoms. The van der Waals surface area contributed by atoms with Gasteiger partial charge in [-0.2, -0.15) is 0 Å². The molecular formula is C100H62N10O2. The van der Waals surface area contributed by atoms with Gasteiger partial charge >= 0.3 is 0 Å². The second-order valence-corrected chi connectivity index (χ2v) is 27.7. The van der Waals surface area contributed by atoms with Crippen molar-refractivity contribution in [2.75, 3.05) is 0 Å². The van der Waals surface area contributed by atoms with Gasteiger partial charge in [0.2, 0.25) is 11.4 Å². The van der Waals surface area contributed by atoms with Gasteiger partial charge in [-0.1, -0.05) is 322 Å². The first-order valence-corrected chi connectivity index (χ1v) is 37.3. The van der Waals surface area contributed by atoms with E-state index in [0.717, 1.165) is 177 Å². The molecule has 22 rings (SSSR count). The Morgan fingerprint density at radius 3 is 0.902 bits per heavy atom. The molecule has 0 aliphatic rings. The Hall–Kier alpha value is -15.4. The lowest BCUT2D eigenvalue weighted by atomic mass is 10.0. The molecule has 0 spiro atoms. The molecule has 0 amide bonds. The topological polar surface area (TPSA) is 139 Å². The summed E-state index contributed by atoms with van der Waals surface area (Å²) in [5.74, 6) is 3.81. The molecule has 8 aromatic heterocycles. The minimum atomic E-state index is 0.624. The van der Waals surface area contributed by atoms with Crippen LogP contribution in [0.4, 0.5) is 0 Å². The number of fused-ring (bicyclic) bond motifs is 14. The van der Waals surface area contributed by atoms with Crippen molar-refractivity contribution >= 4 is 87.7 Å². The van der Waals surface area contributed by atoms with E-state index in [1.165, 1.54) is 0 Å². The maximum absolute atomic E-state index is 6.99. The zero-order chi connectivity index (χ0) is 74.0. The Morgan fingerprint density at radius 1 is 0.188 bits per heavy atom. The van der Waals surface area contributed by atoms with Crippen LogP contribution in [0.25, 0.3) is 212 Å². The van der Waals surface area contributed by atoms with Crippen molar-refractivity contribution in [1.82, 2.24) is 49.0 Å². The number of nitrogens with zero attached hydrogens (tertiary/aromatic N) is 10. The maximum Gasteiger partial charge on any atom is 0.213 e. The summed E-state index contributed by atoms with van der Waals surface area (Å²) in [4.78, 5) is 39.8. The van der Waals surface area contributed by atoms with Gasteiger partial charge in [0.1, 0.15) is 11.4 Å². The Labute approximate surface area is 642 Å². The number of aromatic nitrogens is 10. The van der Waals surface area contributed by atoms with Gasteiger partial charge in [-0.3, -0.25) is 9.13 Å². The molecule has 0 unspecified atom stereocenters. The van der Waals surface area contributed by atoms with Gasteiger partial charge in [-0.15, -0.1) is 0 Å². The van der Waals surface area contributed by atoms with E-state index >= 15 is 0 Å². The van der Waals surface area contributed by atoms with E-state index < -0.39 is 0 Å². The van der Waals surface area contributed by atoms with Gasteiger partial charge in [0.05, 0.1) is 32.8 Å². The third kappa shape index (κ3) is 11.5. The van der Waals surface area contributed by atoms with Crippen LogP contribution < -0.4 is 0 Å². The number of hydrogen-bond donors (Lipinski definition) is 0. The van der Waals surface area contributed by atoms with Crippen LogP contribution in [0.2, 0.25) is 0 Å². The van der Waals surface area contributed by atoms with Crippen molar-refractivity contribution in [3.63, 3.8) is 0 Å². The second-order valence-electron chi connectivity index (χ2n) is 27.7. The van der Waals surface area contributed by atoms with Crippen LogP contribution in [0.3, 0.4) is 0 Å². The molecule has 8 heterocycles. The lowest BCUT2D eigenvalue weighted by molar-refractivity contribution is 0.645. The van der Waals surface area contributed by atoms with Crippen LogP contribution in [-0.2, 0) is 0 Å². The van der Waals surface area contributed by atoms with Crippen LogP contribution in [0.1, 0.15) is 0 Å². The van der Waals surface area contributed by atoms with Crippen molar-refractivity contribution in [1.29, 1.82) is 0 Å². The summed E-state index contributed by atoms with van der Waals surface area (Å²) in [6.45, 7) is 0. The summed E-state index contributed by atoms with van der Waals surface area (Å²) in [6.07, 6.45) is 0. The standard InChI is InChI=1S/2C50H31N5O/c1-4-15-33(16-5-1)45-46-43(39-23-10-12-25-41(39)51-45)44-40-24-11-13-26-42(40)55(50(44)56-46)38-22-14-21-37(31-38)32-27-29-36(30-28-32)49-53-47(34-17-6-2-7-18-34)52-48(54-49)35-19-8-3-9-20-35;1-4-15-33(16-5-1)45-46-43(39-23-10-12-25-41(39)51-45)44-40-24-11-13-26-42(40)55(50(44)56-46)38-29-27-32(28-30-38)36-21-14-22-37(31-36)49-53-47(34-17-6-2-7-18-34)52-48(54-49)35-19-8-3-9-20-35/h2*1-31H. The normalized spacial score (nSPS) is 11.6. The minimum Gasteiger partial charge on any atom is -0.437 e. The molecule has 524 valence electrons. The largest absolute Gasteiger partial charge is 0.437 e. The number of furan rings is 2. The first-order valence-electron chi connectivity index (χ1n) is 37.3. The molecule has 0 saturated heterocycles. The van der Waals surface area contributed by atoms with Crippen molar-refractivity contribution in [3.05, 3.63) is 376 Å². The first-order chi connectivity index (χ1) is 55.5.